The zero-order chi connectivity index (χ0) is 12.8. The number of amides is 2. The maximum absolute atomic E-state index is 11.5. The van der Waals surface area contributed by atoms with Gasteiger partial charge in [-0.15, -0.1) is 12.4 Å². The van der Waals surface area contributed by atoms with Gasteiger partial charge in [-0.2, -0.15) is 0 Å². The molecule has 6 heteroatoms. The Morgan fingerprint density at radius 3 is 2.58 bits per heavy atom. The second-order valence-electron chi connectivity index (χ2n) is 5.27. The van der Waals surface area contributed by atoms with Crippen LogP contribution in [0.4, 0.5) is 0 Å². The molecule has 1 unspecified atom stereocenters. The van der Waals surface area contributed by atoms with Gasteiger partial charge in [0.1, 0.15) is 0 Å². The highest BCUT2D eigenvalue weighted by Gasteiger charge is 2.28. The molecule has 0 aromatic carbocycles. The van der Waals surface area contributed by atoms with Crippen molar-refractivity contribution < 1.29 is 9.59 Å². The van der Waals surface area contributed by atoms with Crippen molar-refractivity contribution in [1.82, 2.24) is 16.0 Å². The van der Waals surface area contributed by atoms with Crippen LogP contribution in [0.15, 0.2) is 0 Å². The SMILES string of the molecule is Cl.O=C(CCCNC(=O)C1CC1)NCC1CCCN1. The van der Waals surface area contributed by atoms with E-state index in [1.54, 1.807) is 0 Å². The molecular formula is C13H24ClN3O2. The number of carbonyl (C=O) groups is 2. The lowest BCUT2D eigenvalue weighted by atomic mass is 10.2. The van der Waals surface area contributed by atoms with Gasteiger partial charge in [0.2, 0.25) is 11.8 Å². The molecule has 1 saturated carbocycles. The second kappa shape index (κ2) is 8.38. The average molecular weight is 290 g/mol. The number of hydrogen-bond acceptors (Lipinski definition) is 3. The van der Waals surface area contributed by atoms with E-state index >= 15 is 0 Å². The second-order valence-corrected chi connectivity index (χ2v) is 5.27. The maximum Gasteiger partial charge on any atom is 0.223 e. The summed E-state index contributed by atoms with van der Waals surface area (Å²) >= 11 is 0. The Hall–Kier alpha value is -0.810. The molecule has 2 aliphatic rings. The molecule has 110 valence electrons. The molecule has 0 aromatic rings. The first-order chi connectivity index (χ1) is 8.75. The summed E-state index contributed by atoms with van der Waals surface area (Å²) in [5.74, 6) is 0.502. The van der Waals surface area contributed by atoms with Gasteiger partial charge in [0.25, 0.3) is 0 Å². The third-order valence-electron chi connectivity index (χ3n) is 3.54. The van der Waals surface area contributed by atoms with Crippen LogP contribution in [-0.2, 0) is 9.59 Å². The Labute approximate surface area is 120 Å². The Kier molecular flexibility index (Phi) is 7.16. The molecule has 0 bridgehead atoms. The Morgan fingerprint density at radius 2 is 1.95 bits per heavy atom. The molecule has 1 saturated heterocycles. The molecule has 2 fully saturated rings. The molecule has 2 amide bonds. The van der Waals surface area contributed by atoms with Crippen molar-refractivity contribution in [2.45, 2.75) is 44.6 Å². The number of nitrogens with one attached hydrogen (secondary N) is 3. The Morgan fingerprint density at radius 1 is 1.16 bits per heavy atom. The standard InChI is InChI=1S/C13H23N3O2.ClH/c17-12(16-9-11-3-1-7-14-11)4-2-8-15-13(18)10-5-6-10;/h10-11,14H,1-9H2,(H,15,18)(H,16,17);1H. The fourth-order valence-corrected chi connectivity index (χ4v) is 2.21. The quantitative estimate of drug-likeness (QED) is 0.601. The topological polar surface area (TPSA) is 70.2 Å². The number of halogens is 1. The van der Waals surface area contributed by atoms with Gasteiger partial charge in [0.15, 0.2) is 0 Å². The van der Waals surface area contributed by atoms with Crippen LogP contribution in [-0.4, -0.2) is 37.5 Å². The lowest BCUT2D eigenvalue weighted by Crippen LogP contribution is -2.37. The third kappa shape index (κ3) is 6.25. The van der Waals surface area contributed by atoms with E-state index < -0.39 is 0 Å². The highest BCUT2D eigenvalue weighted by molar-refractivity contribution is 5.85. The summed E-state index contributed by atoms with van der Waals surface area (Å²) < 4.78 is 0. The van der Waals surface area contributed by atoms with Crippen molar-refractivity contribution >= 4 is 24.2 Å². The lowest BCUT2D eigenvalue weighted by Gasteiger charge is -2.11. The molecule has 1 aliphatic heterocycles. The molecular weight excluding hydrogens is 266 g/mol. The summed E-state index contributed by atoms with van der Waals surface area (Å²) in [7, 11) is 0. The van der Waals surface area contributed by atoms with Crippen molar-refractivity contribution in [3.63, 3.8) is 0 Å². The number of carbonyl (C=O) groups excluding carboxylic acids is 2. The minimum atomic E-state index is 0. The predicted octanol–water partition coefficient (Wildman–Crippen LogP) is 0.583. The summed E-state index contributed by atoms with van der Waals surface area (Å²) in [6.45, 7) is 2.41. The van der Waals surface area contributed by atoms with Gasteiger partial charge in [-0.3, -0.25) is 9.59 Å². The average Bonchev–Trinajstić information content (AvgIpc) is 3.09. The summed E-state index contributed by atoms with van der Waals surface area (Å²) in [5, 5.41) is 9.14. The van der Waals surface area contributed by atoms with Crippen molar-refractivity contribution in [2.75, 3.05) is 19.6 Å². The summed E-state index contributed by atoms with van der Waals surface area (Å²) in [4.78, 5) is 22.9. The van der Waals surface area contributed by atoms with E-state index in [1.807, 2.05) is 0 Å². The first-order valence-electron chi connectivity index (χ1n) is 7.03. The first-order valence-corrected chi connectivity index (χ1v) is 7.03. The molecule has 0 radical (unpaired) electrons. The Bertz CT molecular complexity index is 302. The van der Waals surface area contributed by atoms with Crippen molar-refractivity contribution in [3.05, 3.63) is 0 Å². The fourth-order valence-electron chi connectivity index (χ4n) is 2.21. The minimum absolute atomic E-state index is 0. The monoisotopic (exact) mass is 289 g/mol. The van der Waals surface area contributed by atoms with E-state index in [9.17, 15) is 9.59 Å². The minimum Gasteiger partial charge on any atom is -0.356 e. The van der Waals surface area contributed by atoms with Gasteiger partial charge in [-0.25, -0.2) is 0 Å². The van der Waals surface area contributed by atoms with Crippen LogP contribution in [0.2, 0.25) is 0 Å². The van der Waals surface area contributed by atoms with Crippen LogP contribution in [0, 0.1) is 5.92 Å². The Balaban J connectivity index is 0.00000180. The van der Waals surface area contributed by atoms with Gasteiger partial charge >= 0.3 is 0 Å². The molecule has 0 spiro atoms. The molecule has 1 atom stereocenters. The smallest absolute Gasteiger partial charge is 0.223 e. The summed E-state index contributed by atoms with van der Waals surface area (Å²) in [5.41, 5.74) is 0. The number of rotatable bonds is 7. The van der Waals surface area contributed by atoms with Crippen LogP contribution < -0.4 is 16.0 Å². The van der Waals surface area contributed by atoms with Crippen LogP contribution in [0.25, 0.3) is 0 Å². The normalized spacial score (nSPS) is 21.6. The van der Waals surface area contributed by atoms with Gasteiger partial charge < -0.3 is 16.0 Å². The van der Waals surface area contributed by atoms with Crippen LogP contribution in [0.1, 0.15) is 38.5 Å². The maximum atomic E-state index is 11.5. The fraction of sp³-hybridized carbons (Fsp3) is 0.846. The molecule has 3 N–H and O–H groups in total. The van der Waals surface area contributed by atoms with E-state index in [1.165, 1.54) is 6.42 Å². The highest BCUT2D eigenvalue weighted by atomic mass is 35.5. The zero-order valence-electron chi connectivity index (χ0n) is 11.2. The summed E-state index contributed by atoms with van der Waals surface area (Å²) in [6.07, 6.45) is 5.63. The van der Waals surface area contributed by atoms with Crippen LogP contribution in [0.3, 0.4) is 0 Å². The van der Waals surface area contributed by atoms with Gasteiger partial charge in [-0.05, 0) is 38.6 Å². The van der Waals surface area contributed by atoms with E-state index in [0.717, 1.165) is 38.8 Å². The predicted molar refractivity (Wildman–Crippen MR) is 76.3 cm³/mol. The molecule has 1 heterocycles. The number of hydrogen-bond donors (Lipinski definition) is 3. The molecule has 5 nitrogen and oxygen atoms in total. The van der Waals surface area contributed by atoms with Gasteiger partial charge in [-0.1, -0.05) is 0 Å². The summed E-state index contributed by atoms with van der Waals surface area (Å²) in [6, 6.07) is 0.448. The first kappa shape index (κ1) is 16.2. The van der Waals surface area contributed by atoms with Crippen molar-refractivity contribution in [2.24, 2.45) is 5.92 Å². The van der Waals surface area contributed by atoms with Crippen LogP contribution in [0.5, 0.6) is 0 Å². The van der Waals surface area contributed by atoms with Crippen LogP contribution >= 0.6 is 12.4 Å². The van der Waals surface area contributed by atoms with Gasteiger partial charge in [0, 0.05) is 31.5 Å². The largest absolute Gasteiger partial charge is 0.356 e. The van der Waals surface area contributed by atoms with E-state index in [2.05, 4.69) is 16.0 Å². The lowest BCUT2D eigenvalue weighted by molar-refractivity contribution is -0.123. The molecule has 0 aromatic heterocycles. The zero-order valence-corrected chi connectivity index (χ0v) is 12.1. The van der Waals surface area contributed by atoms with E-state index in [0.29, 0.717) is 19.0 Å². The van der Waals surface area contributed by atoms with Gasteiger partial charge in [0.05, 0.1) is 0 Å². The highest BCUT2D eigenvalue weighted by Crippen LogP contribution is 2.28. The van der Waals surface area contributed by atoms with Crippen molar-refractivity contribution in [1.29, 1.82) is 0 Å². The van der Waals surface area contributed by atoms with E-state index in [4.69, 9.17) is 0 Å². The van der Waals surface area contributed by atoms with Crippen molar-refractivity contribution in [3.8, 4) is 0 Å². The van der Waals surface area contributed by atoms with E-state index in [-0.39, 0.29) is 30.1 Å². The molecule has 1 aliphatic carbocycles. The third-order valence-corrected chi connectivity index (χ3v) is 3.54. The molecule has 2 rings (SSSR count). The molecule has 19 heavy (non-hydrogen) atoms.